The molecule has 1 rings (SSSR count). The minimum absolute atomic E-state index is 0.0272. The number of nitrogens with zero attached hydrogens (tertiary/aromatic N) is 2. The highest BCUT2D eigenvalue weighted by Crippen LogP contribution is 1.94. The Bertz CT molecular complexity index is 322. The molecule has 1 heterocycles. The van der Waals surface area contributed by atoms with Gasteiger partial charge in [0, 0.05) is 25.5 Å². The van der Waals surface area contributed by atoms with Gasteiger partial charge in [0.05, 0.1) is 6.61 Å². The first-order valence-electron chi connectivity index (χ1n) is 4.89. The van der Waals surface area contributed by atoms with Crippen molar-refractivity contribution in [1.82, 2.24) is 14.9 Å². The van der Waals surface area contributed by atoms with Gasteiger partial charge in [0.2, 0.25) is 5.91 Å². The minimum atomic E-state index is -0.0272. The van der Waals surface area contributed by atoms with Crippen molar-refractivity contribution in [2.24, 2.45) is 0 Å². The number of rotatable bonds is 5. The van der Waals surface area contributed by atoms with E-state index in [0.717, 1.165) is 5.82 Å². The van der Waals surface area contributed by atoms with Crippen molar-refractivity contribution in [3.8, 4) is 0 Å². The van der Waals surface area contributed by atoms with E-state index in [2.05, 4.69) is 10.3 Å². The molecule has 0 saturated carbocycles. The lowest BCUT2D eigenvalue weighted by Gasteiger charge is -2.13. The van der Waals surface area contributed by atoms with Crippen molar-refractivity contribution in [1.29, 1.82) is 0 Å². The number of aromatic nitrogens is 2. The zero-order valence-corrected chi connectivity index (χ0v) is 9.36. The summed E-state index contributed by atoms with van der Waals surface area (Å²) in [6.45, 7) is 4.60. The Hall–Kier alpha value is -1.36. The van der Waals surface area contributed by atoms with E-state index in [9.17, 15) is 4.79 Å². The Balaban J connectivity index is 2.40. The summed E-state index contributed by atoms with van der Waals surface area (Å²) < 4.78 is 6.73. The Morgan fingerprint density at radius 3 is 3.00 bits per heavy atom. The normalized spacial score (nSPS) is 12.5. The van der Waals surface area contributed by atoms with Crippen molar-refractivity contribution < 1.29 is 9.53 Å². The molecule has 1 amide bonds. The van der Waals surface area contributed by atoms with Crippen molar-refractivity contribution in [2.45, 2.75) is 26.4 Å². The van der Waals surface area contributed by atoms with Gasteiger partial charge in [0.25, 0.3) is 0 Å². The molecular weight excluding hydrogens is 194 g/mol. The second-order valence-electron chi connectivity index (χ2n) is 3.53. The van der Waals surface area contributed by atoms with Gasteiger partial charge >= 0.3 is 0 Å². The molecule has 1 N–H and O–H groups in total. The standard InChI is InChI=1S/C10H17N3O2/c1-8(7-15-3)12-10(14)6-13-5-4-11-9(13)2/h4-5,8H,6-7H2,1-3H3,(H,12,14). The van der Waals surface area contributed by atoms with Crippen LogP contribution in [0, 0.1) is 6.92 Å². The lowest BCUT2D eigenvalue weighted by Crippen LogP contribution is -2.37. The van der Waals surface area contributed by atoms with Crippen LogP contribution in [0.2, 0.25) is 0 Å². The highest BCUT2D eigenvalue weighted by molar-refractivity contribution is 5.76. The van der Waals surface area contributed by atoms with Crippen LogP contribution in [-0.4, -0.2) is 35.2 Å². The maximum Gasteiger partial charge on any atom is 0.240 e. The van der Waals surface area contributed by atoms with Crippen LogP contribution >= 0.6 is 0 Å². The topological polar surface area (TPSA) is 56.1 Å². The van der Waals surface area contributed by atoms with Crippen LogP contribution in [0.4, 0.5) is 0 Å². The monoisotopic (exact) mass is 211 g/mol. The third-order valence-corrected chi connectivity index (χ3v) is 2.06. The number of carbonyl (C=O) groups excluding carboxylic acids is 1. The van der Waals surface area contributed by atoms with Crippen LogP contribution < -0.4 is 5.32 Å². The maximum atomic E-state index is 11.5. The van der Waals surface area contributed by atoms with Crippen molar-refractivity contribution in [3.05, 3.63) is 18.2 Å². The molecule has 0 radical (unpaired) electrons. The summed E-state index contributed by atoms with van der Waals surface area (Å²) in [5.74, 6) is 0.810. The van der Waals surface area contributed by atoms with Crippen LogP contribution in [0.25, 0.3) is 0 Å². The molecule has 0 aromatic carbocycles. The number of ether oxygens (including phenoxy) is 1. The molecule has 1 unspecified atom stereocenters. The first-order chi connectivity index (χ1) is 7.13. The molecule has 1 atom stereocenters. The molecule has 5 nitrogen and oxygen atoms in total. The van der Waals surface area contributed by atoms with Gasteiger partial charge in [-0.2, -0.15) is 0 Å². The Morgan fingerprint density at radius 2 is 2.47 bits per heavy atom. The van der Waals surface area contributed by atoms with Gasteiger partial charge < -0.3 is 14.6 Å². The number of methoxy groups -OCH3 is 1. The first kappa shape index (κ1) is 11.7. The van der Waals surface area contributed by atoms with Crippen LogP contribution in [0.15, 0.2) is 12.4 Å². The molecule has 84 valence electrons. The molecular formula is C10H17N3O2. The minimum Gasteiger partial charge on any atom is -0.383 e. The van der Waals surface area contributed by atoms with Crippen LogP contribution in [-0.2, 0) is 16.1 Å². The second kappa shape index (κ2) is 5.50. The smallest absolute Gasteiger partial charge is 0.240 e. The zero-order chi connectivity index (χ0) is 11.3. The van der Waals surface area contributed by atoms with Gasteiger partial charge in [-0.1, -0.05) is 0 Å². The number of hydrogen-bond donors (Lipinski definition) is 1. The van der Waals surface area contributed by atoms with Gasteiger partial charge in [0.15, 0.2) is 0 Å². The molecule has 1 aromatic heterocycles. The molecule has 0 bridgehead atoms. The Kier molecular flexibility index (Phi) is 4.30. The van der Waals surface area contributed by atoms with Gasteiger partial charge in [-0.25, -0.2) is 4.98 Å². The van der Waals surface area contributed by atoms with Crippen LogP contribution in [0.3, 0.4) is 0 Å². The number of aryl methyl sites for hydroxylation is 1. The number of carbonyl (C=O) groups is 1. The van der Waals surface area contributed by atoms with E-state index < -0.39 is 0 Å². The second-order valence-corrected chi connectivity index (χ2v) is 3.53. The van der Waals surface area contributed by atoms with Gasteiger partial charge in [-0.05, 0) is 13.8 Å². The van der Waals surface area contributed by atoms with Gasteiger partial charge in [0.1, 0.15) is 12.4 Å². The number of hydrogen-bond acceptors (Lipinski definition) is 3. The summed E-state index contributed by atoms with van der Waals surface area (Å²) in [5.41, 5.74) is 0. The lowest BCUT2D eigenvalue weighted by atomic mass is 10.3. The molecule has 0 spiro atoms. The van der Waals surface area contributed by atoms with E-state index in [1.165, 1.54) is 0 Å². The van der Waals surface area contributed by atoms with E-state index in [-0.39, 0.29) is 11.9 Å². The van der Waals surface area contributed by atoms with E-state index >= 15 is 0 Å². The molecule has 0 fully saturated rings. The summed E-state index contributed by atoms with van der Waals surface area (Å²) in [6.07, 6.45) is 3.47. The van der Waals surface area contributed by atoms with Crippen LogP contribution in [0.5, 0.6) is 0 Å². The summed E-state index contributed by atoms with van der Waals surface area (Å²) in [5, 5.41) is 2.83. The molecule has 15 heavy (non-hydrogen) atoms. The summed E-state index contributed by atoms with van der Waals surface area (Å²) in [4.78, 5) is 15.6. The number of amides is 1. The van der Waals surface area contributed by atoms with Gasteiger partial charge in [-0.3, -0.25) is 4.79 Å². The first-order valence-corrected chi connectivity index (χ1v) is 4.89. The fraction of sp³-hybridized carbons (Fsp3) is 0.600. The molecule has 0 aliphatic rings. The summed E-state index contributed by atoms with van der Waals surface area (Å²) in [7, 11) is 1.61. The highest BCUT2D eigenvalue weighted by Gasteiger charge is 2.08. The molecule has 0 saturated heterocycles. The fourth-order valence-corrected chi connectivity index (χ4v) is 1.34. The van der Waals surface area contributed by atoms with Crippen molar-refractivity contribution in [2.75, 3.05) is 13.7 Å². The fourth-order valence-electron chi connectivity index (χ4n) is 1.34. The molecule has 0 aliphatic carbocycles. The van der Waals surface area contributed by atoms with E-state index in [1.54, 1.807) is 24.1 Å². The number of nitrogens with one attached hydrogen (secondary N) is 1. The zero-order valence-electron chi connectivity index (χ0n) is 9.36. The third kappa shape index (κ3) is 3.71. The van der Waals surface area contributed by atoms with E-state index in [4.69, 9.17) is 4.74 Å². The number of imidazole rings is 1. The summed E-state index contributed by atoms with van der Waals surface area (Å²) >= 11 is 0. The average molecular weight is 211 g/mol. The largest absolute Gasteiger partial charge is 0.383 e. The quantitative estimate of drug-likeness (QED) is 0.764. The molecule has 0 aliphatic heterocycles. The Morgan fingerprint density at radius 1 is 1.73 bits per heavy atom. The van der Waals surface area contributed by atoms with E-state index in [1.807, 2.05) is 13.8 Å². The van der Waals surface area contributed by atoms with Crippen molar-refractivity contribution in [3.63, 3.8) is 0 Å². The Labute approximate surface area is 89.4 Å². The average Bonchev–Trinajstić information content (AvgIpc) is 2.52. The predicted octanol–water partition coefficient (Wildman–Crippen LogP) is 0.343. The maximum absolute atomic E-state index is 11.5. The van der Waals surface area contributed by atoms with Crippen LogP contribution in [0.1, 0.15) is 12.7 Å². The predicted molar refractivity (Wildman–Crippen MR) is 56.4 cm³/mol. The molecule has 1 aromatic rings. The highest BCUT2D eigenvalue weighted by atomic mass is 16.5. The summed E-state index contributed by atoms with van der Waals surface area (Å²) in [6, 6.07) is 0.0336. The third-order valence-electron chi connectivity index (χ3n) is 2.06. The van der Waals surface area contributed by atoms with Crippen molar-refractivity contribution >= 4 is 5.91 Å². The SMILES string of the molecule is COCC(C)NC(=O)Cn1ccnc1C. The van der Waals surface area contributed by atoms with Gasteiger partial charge in [-0.15, -0.1) is 0 Å². The lowest BCUT2D eigenvalue weighted by molar-refractivity contribution is -0.122. The molecule has 5 heteroatoms. The van der Waals surface area contributed by atoms with E-state index in [0.29, 0.717) is 13.2 Å².